The topological polar surface area (TPSA) is 50.7 Å². The molecule has 1 aromatic carbocycles. The summed E-state index contributed by atoms with van der Waals surface area (Å²) in [7, 11) is 0. The van der Waals surface area contributed by atoms with Crippen molar-refractivity contribution in [3.63, 3.8) is 0 Å². The first-order valence-corrected chi connectivity index (χ1v) is 7.69. The Morgan fingerprint density at radius 1 is 1.00 bits per heavy atom. The molecule has 0 atom stereocenters. The Labute approximate surface area is 138 Å². The Kier molecular flexibility index (Phi) is 4.14. The van der Waals surface area contributed by atoms with Crippen molar-refractivity contribution in [3.8, 4) is 11.3 Å². The van der Waals surface area contributed by atoms with Gasteiger partial charge in [-0.05, 0) is 38.1 Å². The van der Waals surface area contributed by atoms with Crippen LogP contribution in [0.25, 0.3) is 22.3 Å². The van der Waals surface area contributed by atoms with Gasteiger partial charge in [0.25, 0.3) is 0 Å². The molecule has 0 aliphatic rings. The lowest BCUT2D eigenvalue weighted by Gasteiger charge is -2.10. The summed E-state index contributed by atoms with van der Waals surface area (Å²) in [6, 6.07) is 9.22. The third kappa shape index (κ3) is 2.72. The van der Waals surface area contributed by atoms with Gasteiger partial charge in [-0.1, -0.05) is 29.3 Å². The number of hydrogen-bond donors (Lipinski definition) is 1. The summed E-state index contributed by atoms with van der Waals surface area (Å²) in [5.41, 5.74) is 2.04. The Hall–Kier alpha value is -1.91. The zero-order valence-electron chi connectivity index (χ0n) is 12.2. The first kappa shape index (κ1) is 15.0. The van der Waals surface area contributed by atoms with Crippen LogP contribution in [0.4, 0.5) is 5.82 Å². The lowest BCUT2D eigenvalue weighted by molar-refractivity contribution is 1.05. The van der Waals surface area contributed by atoms with E-state index in [9.17, 15) is 0 Å². The van der Waals surface area contributed by atoms with Crippen LogP contribution in [-0.2, 0) is 0 Å². The highest BCUT2D eigenvalue weighted by Crippen LogP contribution is 2.34. The average molecular weight is 333 g/mol. The Balaban J connectivity index is 2.22. The summed E-state index contributed by atoms with van der Waals surface area (Å²) in [5.74, 6) is 1.45. The van der Waals surface area contributed by atoms with Crippen molar-refractivity contribution >= 4 is 40.1 Å². The fourth-order valence-electron chi connectivity index (χ4n) is 2.30. The highest BCUT2D eigenvalue weighted by atomic mass is 35.5. The minimum absolute atomic E-state index is 0.567. The third-order valence-electron chi connectivity index (χ3n) is 3.23. The van der Waals surface area contributed by atoms with Crippen LogP contribution in [0.5, 0.6) is 0 Å². The van der Waals surface area contributed by atoms with Gasteiger partial charge >= 0.3 is 0 Å². The van der Waals surface area contributed by atoms with Crippen LogP contribution in [0.3, 0.4) is 0 Å². The van der Waals surface area contributed by atoms with Gasteiger partial charge in [0.2, 0.25) is 0 Å². The predicted octanol–water partition coefficient (Wildman–Crippen LogP) is 4.74. The molecule has 0 aliphatic heterocycles. The van der Waals surface area contributed by atoms with Gasteiger partial charge < -0.3 is 5.32 Å². The number of aryl methyl sites for hydroxylation is 1. The molecule has 3 aromatic rings. The van der Waals surface area contributed by atoms with E-state index >= 15 is 0 Å². The summed E-state index contributed by atoms with van der Waals surface area (Å²) in [6.45, 7) is 4.65. The number of rotatable bonds is 3. The fourth-order valence-corrected chi connectivity index (χ4v) is 2.89. The second-order valence-corrected chi connectivity index (χ2v) is 5.63. The number of hydrogen-bond acceptors (Lipinski definition) is 4. The number of aromatic nitrogens is 3. The Bertz CT molecular complexity index is 829. The van der Waals surface area contributed by atoms with Crippen LogP contribution < -0.4 is 5.32 Å². The summed E-state index contributed by atoms with van der Waals surface area (Å²) < 4.78 is 0. The molecule has 2 aromatic heterocycles. The molecule has 0 amide bonds. The van der Waals surface area contributed by atoms with Crippen molar-refractivity contribution in [2.75, 3.05) is 11.9 Å². The van der Waals surface area contributed by atoms with E-state index in [1.807, 2.05) is 32.0 Å². The van der Waals surface area contributed by atoms with Crippen molar-refractivity contribution in [2.45, 2.75) is 13.8 Å². The van der Waals surface area contributed by atoms with Gasteiger partial charge in [0.05, 0.1) is 21.1 Å². The summed E-state index contributed by atoms with van der Waals surface area (Å²) in [4.78, 5) is 13.4. The first-order valence-electron chi connectivity index (χ1n) is 6.93. The average Bonchev–Trinajstić information content (AvgIpc) is 2.47. The largest absolute Gasteiger partial charge is 0.370 e. The van der Waals surface area contributed by atoms with Crippen LogP contribution in [0.1, 0.15) is 12.7 Å². The van der Waals surface area contributed by atoms with Gasteiger partial charge in [0.15, 0.2) is 5.65 Å². The van der Waals surface area contributed by atoms with Crippen LogP contribution in [0.15, 0.2) is 30.3 Å². The highest BCUT2D eigenvalue weighted by Gasteiger charge is 2.12. The number of nitrogens with zero attached hydrogens (tertiary/aromatic N) is 3. The quantitative estimate of drug-likeness (QED) is 0.752. The lowest BCUT2D eigenvalue weighted by atomic mass is 10.1. The van der Waals surface area contributed by atoms with E-state index in [4.69, 9.17) is 23.2 Å². The molecule has 0 radical (unpaired) electrons. The molecule has 3 rings (SSSR count). The predicted molar refractivity (Wildman–Crippen MR) is 91.7 cm³/mol. The zero-order valence-corrected chi connectivity index (χ0v) is 13.7. The van der Waals surface area contributed by atoms with Crippen molar-refractivity contribution in [1.82, 2.24) is 15.0 Å². The van der Waals surface area contributed by atoms with Crippen molar-refractivity contribution in [2.24, 2.45) is 0 Å². The van der Waals surface area contributed by atoms with E-state index in [1.165, 1.54) is 0 Å². The van der Waals surface area contributed by atoms with Crippen LogP contribution in [0.2, 0.25) is 10.0 Å². The maximum atomic E-state index is 6.26. The summed E-state index contributed by atoms with van der Waals surface area (Å²) in [6.07, 6.45) is 0. The van der Waals surface area contributed by atoms with E-state index in [0.29, 0.717) is 32.8 Å². The number of anilines is 1. The van der Waals surface area contributed by atoms with Gasteiger partial charge in [-0.15, -0.1) is 0 Å². The maximum absolute atomic E-state index is 6.26. The molecule has 0 aliphatic carbocycles. The second-order valence-electron chi connectivity index (χ2n) is 4.81. The van der Waals surface area contributed by atoms with Gasteiger partial charge in [-0.25, -0.2) is 15.0 Å². The first-order chi connectivity index (χ1) is 10.6. The second kappa shape index (κ2) is 6.07. The number of pyridine rings is 1. The SMILES string of the molecule is CCNc1nc(C)nc2nc(-c3c(Cl)cccc3Cl)ccc12. The number of fused-ring (bicyclic) bond motifs is 1. The molecule has 0 bridgehead atoms. The van der Waals surface area contributed by atoms with Crippen molar-refractivity contribution < 1.29 is 0 Å². The van der Waals surface area contributed by atoms with Gasteiger partial charge in [-0.3, -0.25) is 0 Å². The molecule has 0 saturated heterocycles. The molecule has 112 valence electrons. The molecular formula is C16H14Cl2N4. The molecule has 0 saturated carbocycles. The Morgan fingerprint density at radius 2 is 1.73 bits per heavy atom. The molecule has 0 unspecified atom stereocenters. The molecule has 0 fully saturated rings. The minimum Gasteiger partial charge on any atom is -0.370 e. The molecular weight excluding hydrogens is 319 g/mol. The minimum atomic E-state index is 0.567. The van der Waals surface area contributed by atoms with Crippen molar-refractivity contribution in [3.05, 3.63) is 46.2 Å². The zero-order chi connectivity index (χ0) is 15.7. The Morgan fingerprint density at radius 3 is 2.41 bits per heavy atom. The van der Waals surface area contributed by atoms with E-state index in [0.717, 1.165) is 17.7 Å². The van der Waals surface area contributed by atoms with Crippen LogP contribution >= 0.6 is 23.2 Å². The summed E-state index contributed by atoms with van der Waals surface area (Å²) >= 11 is 12.5. The van der Waals surface area contributed by atoms with Crippen LogP contribution in [-0.4, -0.2) is 21.5 Å². The monoisotopic (exact) mass is 332 g/mol. The fraction of sp³-hybridized carbons (Fsp3) is 0.188. The molecule has 1 N–H and O–H groups in total. The van der Waals surface area contributed by atoms with E-state index in [1.54, 1.807) is 12.1 Å². The van der Waals surface area contributed by atoms with Crippen LogP contribution in [0, 0.1) is 6.92 Å². The molecule has 0 spiro atoms. The molecule has 6 heteroatoms. The third-order valence-corrected chi connectivity index (χ3v) is 3.86. The standard InChI is InChI=1S/C16H14Cl2N4/c1-3-19-15-10-7-8-13(22-16(10)21-9(2)20-15)14-11(17)5-4-6-12(14)18/h4-8H,3H2,1-2H3,(H,19,20,21,22). The number of nitrogens with one attached hydrogen (secondary N) is 1. The van der Waals surface area contributed by atoms with E-state index < -0.39 is 0 Å². The number of halogens is 2. The molecule has 4 nitrogen and oxygen atoms in total. The van der Waals surface area contributed by atoms with Gasteiger partial charge in [-0.2, -0.15) is 0 Å². The normalized spacial score (nSPS) is 10.9. The molecule has 22 heavy (non-hydrogen) atoms. The highest BCUT2D eigenvalue weighted by molar-refractivity contribution is 6.39. The number of benzene rings is 1. The van der Waals surface area contributed by atoms with Crippen molar-refractivity contribution in [1.29, 1.82) is 0 Å². The van der Waals surface area contributed by atoms with Gasteiger partial charge in [0.1, 0.15) is 11.6 Å². The van der Waals surface area contributed by atoms with E-state index in [-0.39, 0.29) is 0 Å². The molecule has 2 heterocycles. The smallest absolute Gasteiger partial charge is 0.165 e. The van der Waals surface area contributed by atoms with Gasteiger partial charge in [0, 0.05) is 12.1 Å². The lowest BCUT2D eigenvalue weighted by Crippen LogP contribution is -2.04. The summed E-state index contributed by atoms with van der Waals surface area (Å²) in [5, 5.41) is 5.24. The van der Waals surface area contributed by atoms with E-state index in [2.05, 4.69) is 20.3 Å². The maximum Gasteiger partial charge on any atom is 0.165 e.